The number of nitrogens with one attached hydrogen (secondary N) is 1. The van der Waals surface area contributed by atoms with E-state index < -0.39 is 22.6 Å². The van der Waals surface area contributed by atoms with Crippen molar-refractivity contribution in [3.63, 3.8) is 0 Å². The highest BCUT2D eigenvalue weighted by Crippen LogP contribution is 2.27. The summed E-state index contributed by atoms with van der Waals surface area (Å²) in [6, 6.07) is 10.1. The van der Waals surface area contributed by atoms with Crippen LogP contribution in [0.1, 0.15) is 27.1 Å². The largest absolute Gasteiger partial charge is 0.325 e. The van der Waals surface area contributed by atoms with E-state index in [0.29, 0.717) is 11.1 Å². The first kappa shape index (κ1) is 17.6. The van der Waals surface area contributed by atoms with Gasteiger partial charge in [-0.3, -0.25) is 29.4 Å². The lowest BCUT2D eigenvalue weighted by Crippen LogP contribution is -2.32. The minimum atomic E-state index is -0.597. The molecule has 2 aromatic rings. The van der Waals surface area contributed by atoms with Gasteiger partial charge in [0.15, 0.2) is 0 Å². The molecule has 0 bridgehead atoms. The molecule has 0 atom stereocenters. The zero-order chi connectivity index (χ0) is 18.8. The van der Waals surface area contributed by atoms with Crippen LogP contribution in [0.3, 0.4) is 0 Å². The van der Waals surface area contributed by atoms with Crippen LogP contribution in [0.15, 0.2) is 42.5 Å². The number of non-ortho nitro benzene ring substituents is 1. The number of carbonyl (C=O) groups excluding carboxylic acids is 3. The van der Waals surface area contributed by atoms with Crippen molar-refractivity contribution in [2.24, 2.45) is 0 Å². The molecule has 1 aliphatic heterocycles. The maximum atomic E-state index is 12.2. The Morgan fingerprint density at radius 2 is 1.73 bits per heavy atom. The summed E-state index contributed by atoms with van der Waals surface area (Å²) in [4.78, 5) is 47.6. The number of nitro groups is 1. The molecule has 9 heteroatoms. The molecule has 2 aromatic carbocycles. The Hall–Kier alpha value is -3.26. The van der Waals surface area contributed by atoms with Crippen LogP contribution < -0.4 is 5.32 Å². The first-order valence-electron chi connectivity index (χ1n) is 7.57. The van der Waals surface area contributed by atoms with Crippen molar-refractivity contribution in [3.8, 4) is 0 Å². The van der Waals surface area contributed by atoms with Crippen molar-refractivity contribution in [3.05, 3.63) is 68.7 Å². The van der Waals surface area contributed by atoms with Crippen molar-refractivity contribution in [1.29, 1.82) is 0 Å². The molecule has 0 aliphatic carbocycles. The third-order valence-corrected chi connectivity index (χ3v) is 4.19. The number of nitrogens with zero attached hydrogens (tertiary/aromatic N) is 2. The molecule has 0 saturated carbocycles. The van der Waals surface area contributed by atoms with Crippen molar-refractivity contribution >= 4 is 40.7 Å². The van der Waals surface area contributed by atoms with Gasteiger partial charge in [-0.25, -0.2) is 0 Å². The fourth-order valence-corrected chi connectivity index (χ4v) is 2.81. The molecular formula is C17H12ClN3O5. The monoisotopic (exact) mass is 373 g/mol. The summed E-state index contributed by atoms with van der Waals surface area (Å²) in [5.41, 5.74) is 0.649. The number of amides is 3. The molecule has 0 spiro atoms. The molecule has 26 heavy (non-hydrogen) atoms. The van der Waals surface area contributed by atoms with Gasteiger partial charge in [-0.1, -0.05) is 23.7 Å². The standard InChI is InChI=1S/C17H12ClN3O5/c18-13-9-10(21(25)26)5-6-14(13)19-15(22)7-8-20-16(23)11-3-1-2-4-12(11)17(20)24/h1-6,9H,7-8H2,(H,19,22). The Bertz CT molecular complexity index is 909. The molecule has 8 nitrogen and oxygen atoms in total. The second-order valence-electron chi connectivity index (χ2n) is 5.53. The molecule has 0 fully saturated rings. The van der Waals surface area contributed by atoms with Gasteiger partial charge in [-0.15, -0.1) is 0 Å². The van der Waals surface area contributed by atoms with E-state index in [2.05, 4.69) is 5.32 Å². The summed E-state index contributed by atoms with van der Waals surface area (Å²) in [5, 5.41) is 13.2. The van der Waals surface area contributed by atoms with Crippen LogP contribution in [0, 0.1) is 10.1 Å². The predicted molar refractivity (Wildman–Crippen MR) is 93.2 cm³/mol. The topological polar surface area (TPSA) is 110 Å². The molecule has 0 saturated heterocycles. The maximum Gasteiger partial charge on any atom is 0.271 e. The third kappa shape index (κ3) is 3.27. The number of hydrogen-bond donors (Lipinski definition) is 1. The van der Waals surface area contributed by atoms with Crippen molar-refractivity contribution in [1.82, 2.24) is 4.90 Å². The van der Waals surface area contributed by atoms with Gasteiger partial charge in [-0.05, 0) is 18.2 Å². The van der Waals surface area contributed by atoms with E-state index >= 15 is 0 Å². The van der Waals surface area contributed by atoms with E-state index in [0.717, 1.165) is 11.0 Å². The van der Waals surface area contributed by atoms with Crippen LogP contribution in [-0.4, -0.2) is 34.1 Å². The van der Waals surface area contributed by atoms with Gasteiger partial charge in [0.2, 0.25) is 5.91 Å². The minimum absolute atomic E-state index is 0.0216. The number of carbonyl (C=O) groups is 3. The lowest BCUT2D eigenvalue weighted by atomic mass is 10.1. The summed E-state index contributed by atoms with van der Waals surface area (Å²) in [5.74, 6) is -1.35. The number of nitro benzene ring substituents is 1. The molecule has 0 radical (unpaired) electrons. The van der Waals surface area contributed by atoms with Gasteiger partial charge in [0.05, 0.1) is 26.8 Å². The first-order valence-corrected chi connectivity index (χ1v) is 7.95. The number of hydrogen-bond acceptors (Lipinski definition) is 5. The van der Waals surface area contributed by atoms with Crippen LogP contribution in [0.25, 0.3) is 0 Å². The van der Waals surface area contributed by atoms with Gasteiger partial charge >= 0.3 is 0 Å². The van der Waals surface area contributed by atoms with Crippen molar-refractivity contribution in [2.45, 2.75) is 6.42 Å². The van der Waals surface area contributed by atoms with E-state index in [1.165, 1.54) is 12.1 Å². The lowest BCUT2D eigenvalue weighted by molar-refractivity contribution is -0.384. The van der Waals surface area contributed by atoms with Crippen molar-refractivity contribution in [2.75, 3.05) is 11.9 Å². The van der Waals surface area contributed by atoms with E-state index in [1.54, 1.807) is 24.3 Å². The van der Waals surface area contributed by atoms with E-state index in [4.69, 9.17) is 11.6 Å². The Labute approximate surface area is 152 Å². The normalized spacial score (nSPS) is 12.9. The Kier molecular flexibility index (Phi) is 4.68. The molecule has 3 amide bonds. The second-order valence-corrected chi connectivity index (χ2v) is 5.93. The molecule has 3 rings (SSSR count). The van der Waals surface area contributed by atoms with Gasteiger partial charge < -0.3 is 5.32 Å². The number of benzene rings is 2. The van der Waals surface area contributed by atoms with Gasteiger partial charge in [0, 0.05) is 25.1 Å². The highest BCUT2D eigenvalue weighted by Gasteiger charge is 2.34. The number of halogens is 1. The molecule has 1 aliphatic rings. The summed E-state index contributed by atoms with van der Waals surface area (Å²) in [7, 11) is 0. The first-order chi connectivity index (χ1) is 12.4. The number of rotatable bonds is 5. The van der Waals surface area contributed by atoms with Gasteiger partial charge in [-0.2, -0.15) is 0 Å². The molecule has 0 aromatic heterocycles. The number of anilines is 1. The van der Waals surface area contributed by atoms with Crippen molar-refractivity contribution < 1.29 is 19.3 Å². The highest BCUT2D eigenvalue weighted by atomic mass is 35.5. The highest BCUT2D eigenvalue weighted by molar-refractivity contribution is 6.34. The van der Waals surface area contributed by atoms with Crippen LogP contribution in [0.4, 0.5) is 11.4 Å². The summed E-state index contributed by atoms with van der Waals surface area (Å²) in [6.45, 7) is -0.0806. The minimum Gasteiger partial charge on any atom is -0.325 e. The Balaban J connectivity index is 1.63. The fraction of sp³-hybridized carbons (Fsp3) is 0.118. The molecule has 0 unspecified atom stereocenters. The smallest absolute Gasteiger partial charge is 0.271 e. The lowest BCUT2D eigenvalue weighted by Gasteiger charge is -2.13. The van der Waals surface area contributed by atoms with E-state index in [-0.39, 0.29) is 29.4 Å². The van der Waals surface area contributed by atoms with Crippen LogP contribution in [-0.2, 0) is 4.79 Å². The quantitative estimate of drug-likeness (QED) is 0.492. The molecule has 1 heterocycles. The Morgan fingerprint density at radius 3 is 2.27 bits per heavy atom. The second kappa shape index (κ2) is 6.93. The summed E-state index contributed by atoms with van der Waals surface area (Å²) in [6.07, 6.45) is -0.126. The predicted octanol–water partition coefficient (Wildman–Crippen LogP) is 2.87. The van der Waals surface area contributed by atoms with Gasteiger partial charge in [0.25, 0.3) is 17.5 Å². The average molecular weight is 374 g/mol. The summed E-state index contributed by atoms with van der Waals surface area (Å²) < 4.78 is 0. The zero-order valence-electron chi connectivity index (χ0n) is 13.3. The zero-order valence-corrected chi connectivity index (χ0v) is 14.0. The van der Waals surface area contributed by atoms with Crippen LogP contribution in [0.2, 0.25) is 5.02 Å². The average Bonchev–Trinajstić information content (AvgIpc) is 2.86. The molecular weight excluding hydrogens is 362 g/mol. The van der Waals surface area contributed by atoms with E-state index in [1.807, 2.05) is 0 Å². The SMILES string of the molecule is O=C(CCN1C(=O)c2ccccc2C1=O)Nc1ccc([N+](=O)[O-])cc1Cl. The third-order valence-electron chi connectivity index (χ3n) is 3.88. The van der Waals surface area contributed by atoms with Crippen LogP contribution in [0.5, 0.6) is 0 Å². The van der Waals surface area contributed by atoms with Crippen LogP contribution >= 0.6 is 11.6 Å². The van der Waals surface area contributed by atoms with Gasteiger partial charge in [0.1, 0.15) is 0 Å². The maximum absolute atomic E-state index is 12.2. The molecule has 1 N–H and O–H groups in total. The molecule has 132 valence electrons. The fourth-order valence-electron chi connectivity index (χ4n) is 2.59. The number of fused-ring (bicyclic) bond motifs is 1. The van der Waals surface area contributed by atoms with E-state index in [9.17, 15) is 24.5 Å². The number of imide groups is 1. The Morgan fingerprint density at radius 1 is 1.12 bits per heavy atom. The summed E-state index contributed by atoms with van der Waals surface area (Å²) >= 11 is 5.91.